The number of ether oxygens (including phenoxy) is 1. The van der Waals surface area contributed by atoms with Gasteiger partial charge < -0.3 is 15.2 Å². The lowest BCUT2D eigenvalue weighted by atomic mass is 9.98. The molecular formula is C23H26N2O6. The Balaban J connectivity index is 1.61. The lowest BCUT2D eigenvalue weighted by Crippen LogP contribution is -2.48. The van der Waals surface area contributed by atoms with Crippen LogP contribution in [0.15, 0.2) is 48.5 Å². The molecule has 0 radical (unpaired) electrons. The number of carbonyl (C=O) groups is 3. The molecule has 0 saturated carbocycles. The second-order valence-electron chi connectivity index (χ2n) is 7.38. The predicted molar refractivity (Wildman–Crippen MR) is 113 cm³/mol. The zero-order valence-electron chi connectivity index (χ0n) is 17.5. The molecule has 31 heavy (non-hydrogen) atoms. The number of carboxylic acids is 1. The third-order valence-corrected chi connectivity index (χ3v) is 5.21. The number of carbonyl (C=O) groups excluding carboxylic acids is 2. The van der Waals surface area contributed by atoms with Gasteiger partial charge in [-0.05, 0) is 35.6 Å². The second kappa shape index (κ2) is 10.1. The van der Waals surface area contributed by atoms with Crippen molar-refractivity contribution in [3.8, 4) is 11.1 Å². The van der Waals surface area contributed by atoms with Crippen molar-refractivity contribution in [1.82, 2.24) is 10.8 Å². The molecule has 8 heteroatoms. The maximum Gasteiger partial charge on any atom is 0.407 e. The van der Waals surface area contributed by atoms with Gasteiger partial charge in [-0.25, -0.2) is 15.1 Å². The Hall–Kier alpha value is -3.39. The van der Waals surface area contributed by atoms with Crippen LogP contribution in [0.2, 0.25) is 0 Å². The predicted octanol–water partition coefficient (Wildman–Crippen LogP) is 3.21. The van der Waals surface area contributed by atoms with Gasteiger partial charge in [-0.1, -0.05) is 61.9 Å². The molecule has 2 atom stereocenters. The topological polar surface area (TPSA) is 114 Å². The largest absolute Gasteiger partial charge is 0.479 e. The first-order chi connectivity index (χ1) is 14.9. The quantitative estimate of drug-likeness (QED) is 0.531. The average molecular weight is 426 g/mol. The van der Waals surface area contributed by atoms with E-state index in [0.29, 0.717) is 12.8 Å². The first-order valence-corrected chi connectivity index (χ1v) is 10.2. The van der Waals surface area contributed by atoms with Crippen molar-refractivity contribution in [2.45, 2.75) is 44.8 Å². The van der Waals surface area contributed by atoms with Gasteiger partial charge in [-0.15, -0.1) is 0 Å². The standard InChI is InChI=1S/C23H26N2O6/c1-3-8-20(21(26)25-31-14(2)22(27)28)24-23(29)30-13-19-17-11-6-4-9-15(17)16-10-5-7-12-18(16)19/h4-7,9-12,14,19-20H,3,8,13H2,1-2H3,(H,24,29)(H,25,26)(H,27,28). The summed E-state index contributed by atoms with van der Waals surface area (Å²) in [6.07, 6.45) is -0.959. The smallest absolute Gasteiger partial charge is 0.407 e. The van der Waals surface area contributed by atoms with Crippen LogP contribution in [-0.4, -0.2) is 41.8 Å². The number of hydrogen-bond donors (Lipinski definition) is 3. The molecule has 0 saturated heterocycles. The van der Waals surface area contributed by atoms with Gasteiger partial charge in [0, 0.05) is 5.92 Å². The molecule has 2 aromatic carbocycles. The molecule has 0 spiro atoms. The number of amides is 2. The van der Waals surface area contributed by atoms with E-state index in [4.69, 9.17) is 14.7 Å². The van der Waals surface area contributed by atoms with Gasteiger partial charge in [-0.3, -0.25) is 9.63 Å². The van der Waals surface area contributed by atoms with Crippen molar-refractivity contribution in [3.05, 3.63) is 59.7 Å². The molecule has 0 fully saturated rings. The number of alkyl carbamates (subject to hydrolysis) is 1. The normalized spacial score (nSPS) is 14.1. The molecule has 2 unspecified atom stereocenters. The summed E-state index contributed by atoms with van der Waals surface area (Å²) >= 11 is 0. The fraction of sp³-hybridized carbons (Fsp3) is 0.348. The molecule has 1 aliphatic rings. The summed E-state index contributed by atoms with van der Waals surface area (Å²) in [6, 6.07) is 15.1. The number of carboxylic acid groups (broad SMARTS) is 1. The van der Waals surface area contributed by atoms with Gasteiger partial charge in [0.25, 0.3) is 5.91 Å². The third kappa shape index (κ3) is 5.21. The molecule has 2 aromatic rings. The van der Waals surface area contributed by atoms with Gasteiger partial charge in [0.15, 0.2) is 6.10 Å². The third-order valence-electron chi connectivity index (χ3n) is 5.21. The highest BCUT2D eigenvalue weighted by Crippen LogP contribution is 2.44. The summed E-state index contributed by atoms with van der Waals surface area (Å²) in [5, 5.41) is 11.4. The molecular weight excluding hydrogens is 400 g/mol. The Kier molecular flexibility index (Phi) is 7.25. The van der Waals surface area contributed by atoms with Crippen molar-refractivity contribution in [3.63, 3.8) is 0 Å². The molecule has 2 amide bonds. The van der Waals surface area contributed by atoms with E-state index in [1.807, 2.05) is 55.5 Å². The molecule has 164 valence electrons. The van der Waals surface area contributed by atoms with Crippen LogP contribution in [-0.2, 0) is 19.2 Å². The van der Waals surface area contributed by atoms with Crippen LogP contribution < -0.4 is 10.8 Å². The van der Waals surface area contributed by atoms with Gasteiger partial charge in [0.2, 0.25) is 0 Å². The number of aliphatic carboxylic acids is 1. The fourth-order valence-corrected chi connectivity index (χ4v) is 3.61. The first-order valence-electron chi connectivity index (χ1n) is 10.2. The lowest BCUT2D eigenvalue weighted by molar-refractivity contribution is -0.159. The SMILES string of the molecule is CCCC(NC(=O)OCC1c2ccccc2-c2ccccc21)C(=O)NOC(C)C(=O)O. The number of hydrogen-bond acceptors (Lipinski definition) is 5. The van der Waals surface area contributed by atoms with Crippen LogP contribution in [0.4, 0.5) is 4.79 Å². The van der Waals surface area contributed by atoms with Gasteiger partial charge in [0.05, 0.1) is 0 Å². The number of benzene rings is 2. The Morgan fingerprint density at radius 3 is 2.16 bits per heavy atom. The van der Waals surface area contributed by atoms with Crippen LogP contribution in [0.3, 0.4) is 0 Å². The minimum atomic E-state index is -1.21. The van der Waals surface area contributed by atoms with Crippen LogP contribution in [0.1, 0.15) is 43.7 Å². The Bertz CT molecular complexity index is 915. The van der Waals surface area contributed by atoms with E-state index in [0.717, 1.165) is 22.3 Å². The maximum atomic E-state index is 12.4. The van der Waals surface area contributed by atoms with Gasteiger partial charge in [0.1, 0.15) is 12.6 Å². The van der Waals surface area contributed by atoms with E-state index in [1.165, 1.54) is 6.92 Å². The van der Waals surface area contributed by atoms with Crippen LogP contribution in [0.5, 0.6) is 0 Å². The fourth-order valence-electron chi connectivity index (χ4n) is 3.61. The van der Waals surface area contributed by atoms with Crippen molar-refractivity contribution in [2.24, 2.45) is 0 Å². The van der Waals surface area contributed by atoms with Gasteiger partial charge >= 0.3 is 12.1 Å². The average Bonchev–Trinajstić information content (AvgIpc) is 3.09. The molecule has 0 aliphatic heterocycles. The van der Waals surface area contributed by atoms with Crippen molar-refractivity contribution >= 4 is 18.0 Å². The highest BCUT2D eigenvalue weighted by molar-refractivity contribution is 5.85. The van der Waals surface area contributed by atoms with Crippen molar-refractivity contribution in [1.29, 1.82) is 0 Å². The number of fused-ring (bicyclic) bond motifs is 3. The highest BCUT2D eigenvalue weighted by Gasteiger charge is 2.30. The number of hydroxylamine groups is 1. The summed E-state index contributed by atoms with van der Waals surface area (Å²) in [5.74, 6) is -1.93. The van der Waals surface area contributed by atoms with E-state index >= 15 is 0 Å². The summed E-state index contributed by atoms with van der Waals surface area (Å²) in [6.45, 7) is 3.28. The zero-order chi connectivity index (χ0) is 22.4. The van der Waals surface area contributed by atoms with E-state index in [9.17, 15) is 14.4 Å². The molecule has 3 rings (SSSR count). The molecule has 0 aromatic heterocycles. The van der Waals surface area contributed by atoms with E-state index < -0.39 is 30.1 Å². The highest BCUT2D eigenvalue weighted by atomic mass is 16.7. The van der Waals surface area contributed by atoms with Gasteiger partial charge in [-0.2, -0.15) is 0 Å². The Morgan fingerprint density at radius 1 is 1.03 bits per heavy atom. The molecule has 0 bridgehead atoms. The van der Waals surface area contributed by atoms with Crippen molar-refractivity contribution < 1.29 is 29.1 Å². The molecule has 8 nitrogen and oxygen atoms in total. The van der Waals surface area contributed by atoms with Crippen LogP contribution in [0, 0.1) is 0 Å². The van der Waals surface area contributed by atoms with E-state index in [2.05, 4.69) is 10.8 Å². The molecule has 3 N–H and O–H groups in total. The second-order valence-corrected chi connectivity index (χ2v) is 7.38. The summed E-state index contributed by atoms with van der Waals surface area (Å²) in [5.41, 5.74) is 6.52. The van der Waals surface area contributed by atoms with Crippen molar-refractivity contribution in [2.75, 3.05) is 6.61 Å². The number of rotatable bonds is 9. The summed E-state index contributed by atoms with van der Waals surface area (Å²) in [7, 11) is 0. The minimum Gasteiger partial charge on any atom is -0.479 e. The van der Waals surface area contributed by atoms with Crippen LogP contribution >= 0.6 is 0 Å². The Morgan fingerprint density at radius 2 is 1.61 bits per heavy atom. The van der Waals surface area contributed by atoms with E-state index in [-0.39, 0.29) is 12.5 Å². The number of nitrogens with one attached hydrogen (secondary N) is 2. The lowest BCUT2D eigenvalue weighted by Gasteiger charge is -2.19. The monoisotopic (exact) mass is 426 g/mol. The van der Waals surface area contributed by atoms with Crippen LogP contribution in [0.25, 0.3) is 11.1 Å². The van der Waals surface area contributed by atoms with E-state index in [1.54, 1.807) is 0 Å². The molecule has 0 heterocycles. The molecule has 1 aliphatic carbocycles. The summed E-state index contributed by atoms with van der Waals surface area (Å²) in [4.78, 5) is 40.3. The first kappa shape index (κ1) is 22.3. The maximum absolute atomic E-state index is 12.4. The summed E-state index contributed by atoms with van der Waals surface area (Å²) < 4.78 is 5.47. The minimum absolute atomic E-state index is 0.0867. The zero-order valence-corrected chi connectivity index (χ0v) is 17.5. The Labute approximate surface area is 180 Å².